The van der Waals surface area contributed by atoms with Gasteiger partial charge in [-0.3, -0.25) is 4.79 Å². The number of amides is 1. The molecule has 1 N–H and O–H groups in total. The standard InChI is InChI=1S/C20H23NO5/c1-13-9-14(2)11-18(10-13)25-12-19(22)26-15(3)20(23)21-16-5-7-17(24-4)8-6-16/h5-11,15H,12H2,1-4H3,(H,21,23)/t15-/m0/s1. The largest absolute Gasteiger partial charge is 0.497 e. The second-order valence-corrected chi connectivity index (χ2v) is 5.96. The Hall–Kier alpha value is -3.02. The van der Waals surface area contributed by atoms with Crippen LogP contribution in [0.5, 0.6) is 11.5 Å². The van der Waals surface area contributed by atoms with Crippen molar-refractivity contribution in [3.05, 3.63) is 53.6 Å². The Labute approximate surface area is 153 Å². The van der Waals surface area contributed by atoms with Crippen LogP contribution in [-0.4, -0.2) is 31.7 Å². The normalized spacial score (nSPS) is 11.4. The van der Waals surface area contributed by atoms with Gasteiger partial charge in [-0.05, 0) is 68.3 Å². The van der Waals surface area contributed by atoms with Gasteiger partial charge in [0.2, 0.25) is 0 Å². The molecule has 0 aliphatic rings. The third-order valence-electron chi connectivity index (χ3n) is 3.59. The van der Waals surface area contributed by atoms with Crippen LogP contribution in [0.2, 0.25) is 0 Å². The smallest absolute Gasteiger partial charge is 0.344 e. The minimum atomic E-state index is -0.938. The molecule has 6 nitrogen and oxygen atoms in total. The lowest BCUT2D eigenvalue weighted by molar-refractivity contribution is -0.155. The van der Waals surface area contributed by atoms with Crippen molar-refractivity contribution in [3.63, 3.8) is 0 Å². The van der Waals surface area contributed by atoms with Gasteiger partial charge in [0, 0.05) is 5.69 Å². The minimum absolute atomic E-state index is 0.261. The molecule has 2 aromatic carbocycles. The number of methoxy groups -OCH3 is 1. The van der Waals surface area contributed by atoms with E-state index in [-0.39, 0.29) is 6.61 Å². The second kappa shape index (κ2) is 8.89. The van der Waals surface area contributed by atoms with Crippen molar-refractivity contribution in [3.8, 4) is 11.5 Å². The van der Waals surface area contributed by atoms with Gasteiger partial charge in [0.15, 0.2) is 12.7 Å². The van der Waals surface area contributed by atoms with Crippen LogP contribution in [0.3, 0.4) is 0 Å². The zero-order valence-corrected chi connectivity index (χ0v) is 15.4. The van der Waals surface area contributed by atoms with Crippen LogP contribution in [-0.2, 0) is 14.3 Å². The zero-order chi connectivity index (χ0) is 19.1. The highest BCUT2D eigenvalue weighted by Gasteiger charge is 2.18. The van der Waals surface area contributed by atoms with Crippen LogP contribution < -0.4 is 14.8 Å². The molecule has 0 saturated carbocycles. The summed E-state index contributed by atoms with van der Waals surface area (Å²) in [6.07, 6.45) is -0.938. The molecule has 26 heavy (non-hydrogen) atoms. The average molecular weight is 357 g/mol. The van der Waals surface area contributed by atoms with E-state index in [0.717, 1.165) is 11.1 Å². The van der Waals surface area contributed by atoms with Gasteiger partial charge in [0.05, 0.1) is 7.11 Å². The number of hydrogen-bond donors (Lipinski definition) is 1. The number of carbonyl (C=O) groups is 2. The fourth-order valence-electron chi connectivity index (χ4n) is 2.36. The fourth-order valence-corrected chi connectivity index (χ4v) is 2.36. The molecule has 2 rings (SSSR count). The lowest BCUT2D eigenvalue weighted by atomic mass is 10.1. The van der Waals surface area contributed by atoms with Gasteiger partial charge in [-0.1, -0.05) is 6.07 Å². The Morgan fingerprint density at radius 1 is 1.00 bits per heavy atom. The summed E-state index contributed by atoms with van der Waals surface area (Å²) in [7, 11) is 1.56. The van der Waals surface area contributed by atoms with E-state index in [1.165, 1.54) is 6.92 Å². The first-order valence-electron chi connectivity index (χ1n) is 8.23. The number of anilines is 1. The highest BCUT2D eigenvalue weighted by Crippen LogP contribution is 2.17. The predicted octanol–water partition coefficient (Wildman–Crippen LogP) is 3.26. The highest BCUT2D eigenvalue weighted by atomic mass is 16.6. The molecule has 138 valence electrons. The molecule has 0 radical (unpaired) electrons. The van der Waals surface area contributed by atoms with Crippen molar-refractivity contribution < 1.29 is 23.8 Å². The monoisotopic (exact) mass is 357 g/mol. The van der Waals surface area contributed by atoms with Gasteiger partial charge in [-0.25, -0.2) is 4.79 Å². The molecule has 0 fully saturated rings. The number of aryl methyl sites for hydroxylation is 2. The SMILES string of the molecule is COc1ccc(NC(=O)[C@H](C)OC(=O)COc2cc(C)cc(C)c2)cc1. The maximum Gasteiger partial charge on any atom is 0.344 e. The molecule has 1 atom stereocenters. The molecule has 0 aromatic heterocycles. The summed E-state index contributed by atoms with van der Waals surface area (Å²) in [5, 5.41) is 2.67. The number of hydrogen-bond acceptors (Lipinski definition) is 5. The molecule has 0 bridgehead atoms. The van der Waals surface area contributed by atoms with Crippen molar-refractivity contribution in [2.45, 2.75) is 26.9 Å². The summed E-state index contributed by atoms with van der Waals surface area (Å²) in [6.45, 7) is 5.14. The molecular formula is C20H23NO5. The third kappa shape index (κ3) is 5.81. The molecule has 1 amide bonds. The van der Waals surface area contributed by atoms with Gasteiger partial charge in [0.25, 0.3) is 5.91 Å². The third-order valence-corrected chi connectivity index (χ3v) is 3.59. The van der Waals surface area contributed by atoms with Crippen molar-refractivity contribution >= 4 is 17.6 Å². The van der Waals surface area contributed by atoms with Crippen LogP contribution >= 0.6 is 0 Å². The maximum absolute atomic E-state index is 12.1. The van der Waals surface area contributed by atoms with E-state index in [1.807, 2.05) is 32.0 Å². The molecule has 2 aromatic rings. The van der Waals surface area contributed by atoms with Gasteiger partial charge in [-0.15, -0.1) is 0 Å². The Bertz CT molecular complexity index is 750. The molecule has 0 aliphatic carbocycles. The lowest BCUT2D eigenvalue weighted by Crippen LogP contribution is -2.31. The average Bonchev–Trinajstić information content (AvgIpc) is 2.59. The molecule has 6 heteroatoms. The van der Waals surface area contributed by atoms with Crippen LogP contribution in [0.25, 0.3) is 0 Å². The van der Waals surface area contributed by atoms with E-state index in [1.54, 1.807) is 31.4 Å². The Morgan fingerprint density at radius 2 is 1.62 bits per heavy atom. The molecule has 0 unspecified atom stereocenters. The lowest BCUT2D eigenvalue weighted by Gasteiger charge is -2.14. The van der Waals surface area contributed by atoms with Crippen molar-refractivity contribution in [1.82, 2.24) is 0 Å². The van der Waals surface area contributed by atoms with E-state index >= 15 is 0 Å². The summed E-state index contributed by atoms with van der Waals surface area (Å²) in [5.74, 6) is 0.247. The Balaban J connectivity index is 1.82. The minimum Gasteiger partial charge on any atom is -0.497 e. The van der Waals surface area contributed by atoms with Crippen LogP contribution in [0, 0.1) is 13.8 Å². The summed E-state index contributed by atoms with van der Waals surface area (Å²) in [6, 6.07) is 12.5. The first-order valence-corrected chi connectivity index (χ1v) is 8.23. The number of ether oxygens (including phenoxy) is 3. The Morgan fingerprint density at radius 3 is 2.19 bits per heavy atom. The maximum atomic E-state index is 12.1. The second-order valence-electron chi connectivity index (χ2n) is 5.96. The number of esters is 1. The molecule has 0 spiro atoms. The van der Waals surface area contributed by atoms with Gasteiger partial charge >= 0.3 is 5.97 Å². The van der Waals surface area contributed by atoms with Crippen LogP contribution in [0.1, 0.15) is 18.1 Å². The number of nitrogens with one attached hydrogen (secondary N) is 1. The summed E-state index contributed by atoms with van der Waals surface area (Å²) in [4.78, 5) is 24.0. The van der Waals surface area contributed by atoms with Crippen LogP contribution in [0.4, 0.5) is 5.69 Å². The first-order chi connectivity index (χ1) is 12.4. The van der Waals surface area contributed by atoms with Crippen molar-refractivity contribution in [2.75, 3.05) is 19.0 Å². The fraction of sp³-hybridized carbons (Fsp3) is 0.300. The highest BCUT2D eigenvalue weighted by molar-refractivity contribution is 5.95. The van der Waals surface area contributed by atoms with Crippen molar-refractivity contribution in [2.24, 2.45) is 0 Å². The van der Waals surface area contributed by atoms with E-state index in [9.17, 15) is 9.59 Å². The predicted molar refractivity (Wildman–Crippen MR) is 98.6 cm³/mol. The van der Waals surface area contributed by atoms with Gasteiger partial charge in [-0.2, -0.15) is 0 Å². The Kier molecular flexibility index (Phi) is 6.60. The molecule has 0 saturated heterocycles. The van der Waals surface area contributed by atoms with Crippen LogP contribution in [0.15, 0.2) is 42.5 Å². The van der Waals surface area contributed by atoms with E-state index in [2.05, 4.69) is 5.32 Å². The van der Waals surface area contributed by atoms with Crippen molar-refractivity contribution in [1.29, 1.82) is 0 Å². The molecular weight excluding hydrogens is 334 g/mol. The van der Waals surface area contributed by atoms with Gasteiger partial charge < -0.3 is 19.5 Å². The number of rotatable bonds is 7. The quantitative estimate of drug-likeness (QED) is 0.770. The molecule has 0 heterocycles. The summed E-state index contributed by atoms with van der Waals surface area (Å²) in [5.41, 5.74) is 2.67. The van der Waals surface area contributed by atoms with E-state index in [4.69, 9.17) is 14.2 Å². The first kappa shape index (κ1) is 19.3. The topological polar surface area (TPSA) is 73.9 Å². The number of benzene rings is 2. The zero-order valence-electron chi connectivity index (χ0n) is 15.4. The van der Waals surface area contributed by atoms with E-state index < -0.39 is 18.0 Å². The molecule has 0 aliphatic heterocycles. The summed E-state index contributed by atoms with van der Waals surface area (Å²) < 4.78 is 15.6. The number of carbonyl (C=O) groups excluding carboxylic acids is 2. The van der Waals surface area contributed by atoms with Gasteiger partial charge in [0.1, 0.15) is 11.5 Å². The van der Waals surface area contributed by atoms with E-state index in [0.29, 0.717) is 17.2 Å². The summed E-state index contributed by atoms with van der Waals surface area (Å²) >= 11 is 0.